The van der Waals surface area contributed by atoms with E-state index in [9.17, 15) is 15.3 Å². The zero-order valence-corrected chi connectivity index (χ0v) is 11.8. The average molecular weight is 294 g/mol. The monoisotopic (exact) mass is 294 g/mol. The lowest BCUT2D eigenvalue weighted by molar-refractivity contribution is 0.475. The van der Waals surface area contributed by atoms with Gasteiger partial charge in [-0.3, -0.25) is 0 Å². The number of benzene rings is 3. The zero-order chi connectivity index (χ0) is 16.4. The molecule has 3 heteroatoms. The smallest absolute Gasteiger partial charge is 0.115 e. The molecule has 0 unspecified atom stereocenters. The molecule has 0 aliphatic carbocycles. The van der Waals surface area contributed by atoms with Crippen LogP contribution in [0.2, 0.25) is 0 Å². The second kappa shape index (κ2) is 5.82. The van der Waals surface area contributed by atoms with E-state index in [-0.39, 0.29) is 17.2 Å². The van der Waals surface area contributed by atoms with Crippen molar-refractivity contribution < 1.29 is 16.7 Å². The summed E-state index contributed by atoms with van der Waals surface area (Å²) in [5.41, 5.74) is 2.02. The Morgan fingerprint density at radius 1 is 0.500 bits per heavy atom. The molecule has 0 fully saturated rings. The van der Waals surface area contributed by atoms with Gasteiger partial charge in [0.2, 0.25) is 0 Å². The molecule has 110 valence electrons. The first kappa shape index (κ1) is 12.8. The number of rotatable bonds is 3. The maximum Gasteiger partial charge on any atom is 0.115 e. The van der Waals surface area contributed by atoms with E-state index in [0.717, 1.165) is 0 Å². The predicted molar refractivity (Wildman–Crippen MR) is 85.3 cm³/mol. The molecule has 3 rings (SSSR count). The van der Waals surface area contributed by atoms with Crippen molar-refractivity contribution in [2.45, 2.75) is 5.89 Å². The molecule has 0 atom stereocenters. The first-order chi connectivity index (χ1) is 11.0. The van der Waals surface area contributed by atoms with Crippen LogP contribution in [0.25, 0.3) is 0 Å². The van der Waals surface area contributed by atoms with Crippen molar-refractivity contribution in [1.29, 1.82) is 0 Å². The lowest BCUT2D eigenvalue weighted by Crippen LogP contribution is -2.03. The predicted octanol–water partition coefficient (Wildman–Crippen LogP) is 3.98. The molecule has 0 aromatic heterocycles. The number of phenolic OH excluding ortho intramolecular Hbond substituents is 3. The van der Waals surface area contributed by atoms with E-state index >= 15 is 0 Å². The summed E-state index contributed by atoms with van der Waals surface area (Å²) in [5, 5.41) is 28.5. The van der Waals surface area contributed by atoms with Crippen LogP contribution < -0.4 is 0 Å². The first-order valence-electron chi connectivity index (χ1n) is 7.38. The van der Waals surface area contributed by atoms with Crippen LogP contribution in [-0.4, -0.2) is 15.3 Å². The van der Waals surface area contributed by atoms with Crippen LogP contribution in [0.15, 0.2) is 72.8 Å². The third kappa shape index (κ3) is 2.88. The molecule has 3 N–H and O–H groups in total. The molecule has 0 aliphatic heterocycles. The molecule has 3 nitrogen and oxygen atoms in total. The average Bonchev–Trinajstić information content (AvgIpc) is 2.56. The zero-order valence-electron chi connectivity index (χ0n) is 12.8. The Hall–Kier alpha value is -2.94. The van der Waals surface area contributed by atoms with E-state index in [1.54, 1.807) is 72.8 Å². The van der Waals surface area contributed by atoms with Gasteiger partial charge in [0, 0.05) is 7.26 Å². The second-order valence-corrected chi connectivity index (χ2v) is 5.02. The molecular weight excluding hydrogens is 276 g/mol. The van der Waals surface area contributed by atoms with Crippen LogP contribution in [0.1, 0.15) is 24.0 Å². The van der Waals surface area contributed by atoms with Gasteiger partial charge in [-0.15, -0.1) is 0 Å². The van der Waals surface area contributed by atoms with Gasteiger partial charge >= 0.3 is 0 Å². The minimum absolute atomic E-state index is 0.132. The summed E-state index contributed by atoms with van der Waals surface area (Å²) in [6.45, 7) is 0. The summed E-state index contributed by atoms with van der Waals surface area (Å²) in [5.74, 6) is -0.831. The highest BCUT2D eigenvalue weighted by molar-refractivity contribution is 5.46. The van der Waals surface area contributed by atoms with Crippen LogP contribution >= 0.6 is 0 Å². The number of phenols is 3. The van der Waals surface area contributed by atoms with Crippen LogP contribution in [0, 0.1) is 0 Å². The summed E-state index contributed by atoms with van der Waals surface area (Å²) in [6, 6.07) is 19.4. The molecule has 0 saturated carbocycles. The Labute approximate surface area is 130 Å². The van der Waals surface area contributed by atoms with Crippen molar-refractivity contribution in [3.8, 4) is 17.2 Å². The lowest BCUT2D eigenvalue weighted by Gasteiger charge is -2.19. The van der Waals surface area contributed by atoms with Gasteiger partial charge in [-0.1, -0.05) is 36.4 Å². The molecule has 3 aromatic rings. The number of hydrogen-bond acceptors (Lipinski definition) is 3. The third-order valence-electron chi connectivity index (χ3n) is 3.47. The van der Waals surface area contributed by atoms with Gasteiger partial charge < -0.3 is 15.3 Å². The van der Waals surface area contributed by atoms with E-state index in [1.807, 2.05) is 0 Å². The van der Waals surface area contributed by atoms with Gasteiger partial charge in [0.15, 0.2) is 0 Å². The Morgan fingerprint density at radius 2 is 0.727 bits per heavy atom. The highest BCUT2D eigenvalue weighted by atomic mass is 16.3. The van der Waals surface area contributed by atoms with Crippen LogP contribution in [0.5, 0.6) is 17.2 Å². The highest BCUT2D eigenvalue weighted by Crippen LogP contribution is 2.34. The van der Waals surface area contributed by atoms with E-state index in [2.05, 4.69) is 0 Å². The molecule has 0 heterocycles. The first-order valence-corrected chi connectivity index (χ1v) is 6.88. The Morgan fingerprint density at radius 3 is 0.955 bits per heavy atom. The van der Waals surface area contributed by atoms with Crippen molar-refractivity contribution in [1.82, 2.24) is 0 Å². The van der Waals surface area contributed by atoms with E-state index in [4.69, 9.17) is 1.37 Å². The van der Waals surface area contributed by atoms with Gasteiger partial charge in [-0.05, 0) is 53.1 Å². The summed E-state index contributed by atoms with van der Waals surface area (Å²) in [7, 11) is 0. The maximum absolute atomic E-state index is 9.51. The summed E-state index contributed by atoms with van der Waals surface area (Å²) in [4.78, 5) is 0. The van der Waals surface area contributed by atoms with Crippen molar-refractivity contribution in [3.05, 3.63) is 89.5 Å². The fraction of sp³-hybridized carbons (Fsp3) is 0.0526. The van der Waals surface area contributed by atoms with E-state index < -0.39 is 5.89 Å². The molecule has 0 aliphatic rings. The molecule has 3 aromatic carbocycles. The maximum atomic E-state index is 9.51. The van der Waals surface area contributed by atoms with Gasteiger partial charge in [0.1, 0.15) is 17.2 Å². The molecule has 0 radical (unpaired) electrons. The number of hydrogen-bond donors (Lipinski definition) is 3. The molecule has 0 spiro atoms. The van der Waals surface area contributed by atoms with Gasteiger partial charge in [-0.25, -0.2) is 0 Å². The standard InChI is InChI=1S/C19H16O3/c20-16-7-1-13(2-8-16)19(14-3-9-17(21)10-4-14)15-5-11-18(22)12-6-15/h1-12,19-22H/i19T. The van der Waals surface area contributed by atoms with E-state index in [0.29, 0.717) is 16.7 Å². The van der Waals surface area contributed by atoms with E-state index in [1.165, 1.54) is 0 Å². The fourth-order valence-corrected chi connectivity index (χ4v) is 2.38. The third-order valence-corrected chi connectivity index (χ3v) is 3.47. The Balaban J connectivity index is 2.21. The fourth-order valence-electron chi connectivity index (χ4n) is 2.38. The Kier molecular flexibility index (Phi) is 3.38. The van der Waals surface area contributed by atoms with Gasteiger partial charge in [0.25, 0.3) is 0 Å². The molecule has 0 bridgehead atoms. The molecular formula is C19H16O3. The molecule has 22 heavy (non-hydrogen) atoms. The minimum atomic E-state index is -1.23. The van der Waals surface area contributed by atoms with Crippen LogP contribution in [0.3, 0.4) is 0 Å². The van der Waals surface area contributed by atoms with Crippen LogP contribution in [0.4, 0.5) is 0 Å². The summed E-state index contributed by atoms with van der Waals surface area (Å²) >= 11 is 0. The highest BCUT2D eigenvalue weighted by Gasteiger charge is 2.16. The normalized spacial score (nSPS) is 11.9. The van der Waals surface area contributed by atoms with Gasteiger partial charge in [0.05, 0.1) is 0 Å². The quantitative estimate of drug-likeness (QED) is 0.640. The lowest BCUT2D eigenvalue weighted by atomic mass is 9.85. The summed E-state index contributed by atoms with van der Waals surface area (Å²) < 4.78 is 9.11. The topological polar surface area (TPSA) is 60.7 Å². The number of aromatic hydroxyl groups is 3. The van der Waals surface area contributed by atoms with Crippen molar-refractivity contribution in [3.63, 3.8) is 0 Å². The minimum Gasteiger partial charge on any atom is -0.508 e. The van der Waals surface area contributed by atoms with Crippen molar-refractivity contribution in [2.24, 2.45) is 0 Å². The SMILES string of the molecule is [3H]C(c1ccc(O)cc1)(c1ccc(O)cc1)c1ccc(O)cc1. The van der Waals surface area contributed by atoms with Crippen molar-refractivity contribution in [2.75, 3.05) is 0 Å². The van der Waals surface area contributed by atoms with Crippen LogP contribution in [-0.2, 0) is 0 Å². The largest absolute Gasteiger partial charge is 0.508 e. The summed E-state index contributed by atoms with van der Waals surface area (Å²) in [6.07, 6.45) is 0. The van der Waals surface area contributed by atoms with Crippen molar-refractivity contribution >= 4 is 0 Å². The Bertz CT molecular complexity index is 683. The second-order valence-electron chi connectivity index (χ2n) is 5.02. The molecule has 0 saturated heterocycles. The molecule has 0 amide bonds. The van der Waals surface area contributed by atoms with Gasteiger partial charge in [-0.2, -0.15) is 0 Å².